The quantitative estimate of drug-likeness (QED) is 0.846. The highest BCUT2D eigenvalue weighted by atomic mass is 32.2. The first-order valence-corrected chi connectivity index (χ1v) is 8.61. The van der Waals surface area contributed by atoms with Crippen molar-refractivity contribution in [2.45, 2.75) is 12.3 Å². The summed E-state index contributed by atoms with van der Waals surface area (Å²) >= 11 is 0. The Morgan fingerprint density at radius 1 is 1.14 bits per heavy atom. The van der Waals surface area contributed by atoms with Gasteiger partial charge in [-0.25, -0.2) is 13.0 Å². The molecular formula is C16H18FNO2S. The first-order valence-electron chi connectivity index (χ1n) is 6.52. The average molecular weight is 307 g/mol. The van der Waals surface area contributed by atoms with E-state index >= 15 is 0 Å². The number of rotatable bonds is 5. The number of benzene rings is 2. The van der Waals surface area contributed by atoms with Gasteiger partial charge >= 0.3 is 0 Å². The van der Waals surface area contributed by atoms with Crippen LogP contribution < -0.4 is 4.74 Å². The second-order valence-electron chi connectivity index (χ2n) is 4.83. The van der Waals surface area contributed by atoms with E-state index in [2.05, 4.69) is 4.36 Å². The molecular weight excluding hydrogens is 289 g/mol. The maximum absolute atomic E-state index is 13.6. The minimum atomic E-state index is -2.47. The number of ether oxygens (including phenoxy) is 1. The first kappa shape index (κ1) is 15.5. The van der Waals surface area contributed by atoms with Crippen molar-refractivity contribution in [3.05, 3.63) is 65.5 Å². The van der Waals surface area contributed by atoms with Crippen molar-refractivity contribution >= 4 is 9.73 Å². The highest BCUT2D eigenvalue weighted by molar-refractivity contribution is 7.92. The van der Waals surface area contributed by atoms with Gasteiger partial charge < -0.3 is 4.74 Å². The molecule has 0 radical (unpaired) electrons. The Labute approximate surface area is 125 Å². The third-order valence-electron chi connectivity index (χ3n) is 3.06. The summed E-state index contributed by atoms with van der Waals surface area (Å²) in [6, 6.07) is 13.8. The predicted octanol–water partition coefficient (Wildman–Crippen LogP) is 3.63. The SMILES string of the molecule is COc1ccc(CN=S(C)(=O)Cc2ccccc2F)cc1. The lowest BCUT2D eigenvalue weighted by atomic mass is 10.2. The van der Waals surface area contributed by atoms with Gasteiger partial charge in [-0.3, -0.25) is 0 Å². The molecule has 1 atom stereocenters. The van der Waals surface area contributed by atoms with E-state index in [0.717, 1.165) is 11.3 Å². The fourth-order valence-electron chi connectivity index (χ4n) is 1.89. The molecule has 0 bridgehead atoms. The van der Waals surface area contributed by atoms with Crippen LogP contribution in [0.4, 0.5) is 4.39 Å². The van der Waals surface area contributed by atoms with Crippen molar-refractivity contribution in [2.75, 3.05) is 13.4 Å². The zero-order valence-electron chi connectivity index (χ0n) is 12.1. The number of halogens is 1. The largest absolute Gasteiger partial charge is 0.497 e. The highest BCUT2D eigenvalue weighted by Crippen LogP contribution is 2.15. The molecule has 0 saturated heterocycles. The molecule has 0 saturated carbocycles. The topological polar surface area (TPSA) is 38.7 Å². The standard InChI is InChI=1S/C16H18FNO2S/c1-20-15-9-7-13(8-10-15)11-18-21(2,19)12-14-5-3-4-6-16(14)17/h3-10H,11-12H2,1-2H3. The van der Waals surface area contributed by atoms with Crippen LogP contribution in [0.1, 0.15) is 11.1 Å². The van der Waals surface area contributed by atoms with E-state index in [1.807, 2.05) is 24.3 Å². The summed E-state index contributed by atoms with van der Waals surface area (Å²) in [5, 5.41) is 0. The molecule has 0 amide bonds. The van der Waals surface area contributed by atoms with Gasteiger partial charge in [-0.2, -0.15) is 0 Å². The van der Waals surface area contributed by atoms with Crippen molar-refractivity contribution in [1.29, 1.82) is 0 Å². The van der Waals surface area contributed by atoms with E-state index in [0.29, 0.717) is 12.1 Å². The molecule has 0 fully saturated rings. The summed E-state index contributed by atoms with van der Waals surface area (Å²) in [5.41, 5.74) is 1.38. The zero-order valence-corrected chi connectivity index (χ0v) is 12.9. The monoisotopic (exact) mass is 307 g/mol. The van der Waals surface area contributed by atoms with Gasteiger partial charge in [0, 0.05) is 21.5 Å². The van der Waals surface area contributed by atoms with Crippen LogP contribution in [-0.2, 0) is 22.0 Å². The van der Waals surface area contributed by atoms with Crippen LogP contribution >= 0.6 is 0 Å². The van der Waals surface area contributed by atoms with Gasteiger partial charge in [-0.15, -0.1) is 0 Å². The lowest BCUT2D eigenvalue weighted by Gasteiger charge is -2.06. The Hall–Kier alpha value is -1.88. The molecule has 0 aliphatic carbocycles. The molecule has 2 aromatic carbocycles. The molecule has 3 nitrogen and oxygen atoms in total. The molecule has 0 spiro atoms. The Kier molecular flexibility index (Phi) is 4.96. The van der Waals surface area contributed by atoms with Gasteiger partial charge in [0.05, 0.1) is 19.4 Å². The normalized spacial score (nSPS) is 13.5. The van der Waals surface area contributed by atoms with Gasteiger partial charge in [-0.05, 0) is 23.8 Å². The van der Waals surface area contributed by atoms with Gasteiger partial charge in [0.2, 0.25) is 0 Å². The van der Waals surface area contributed by atoms with Crippen molar-refractivity contribution in [1.82, 2.24) is 0 Å². The van der Waals surface area contributed by atoms with Crippen LogP contribution in [0.5, 0.6) is 5.75 Å². The van der Waals surface area contributed by atoms with E-state index in [9.17, 15) is 8.60 Å². The predicted molar refractivity (Wildman–Crippen MR) is 83.3 cm³/mol. The number of hydrogen-bond acceptors (Lipinski definition) is 3. The molecule has 5 heteroatoms. The molecule has 0 aliphatic heterocycles. The van der Waals surface area contributed by atoms with Crippen LogP contribution in [0, 0.1) is 5.82 Å². The number of nitrogens with zero attached hydrogens (tertiary/aromatic N) is 1. The molecule has 0 N–H and O–H groups in total. The lowest BCUT2D eigenvalue weighted by Crippen LogP contribution is -2.03. The maximum Gasteiger partial charge on any atom is 0.127 e. The second-order valence-corrected chi connectivity index (χ2v) is 7.30. The maximum atomic E-state index is 13.6. The Balaban J connectivity index is 2.11. The van der Waals surface area contributed by atoms with Crippen LogP contribution in [0.3, 0.4) is 0 Å². The fraction of sp³-hybridized carbons (Fsp3) is 0.250. The van der Waals surface area contributed by atoms with Crippen molar-refractivity contribution in [2.24, 2.45) is 4.36 Å². The van der Waals surface area contributed by atoms with E-state index in [-0.39, 0.29) is 11.6 Å². The molecule has 1 unspecified atom stereocenters. The summed E-state index contributed by atoms with van der Waals surface area (Å²) < 4.78 is 35.3. The third-order valence-corrected chi connectivity index (χ3v) is 4.58. The molecule has 21 heavy (non-hydrogen) atoms. The Bertz CT molecular complexity index is 719. The smallest absolute Gasteiger partial charge is 0.127 e. The van der Waals surface area contributed by atoms with Crippen LogP contribution in [0.15, 0.2) is 52.9 Å². The van der Waals surface area contributed by atoms with Crippen LogP contribution in [0.25, 0.3) is 0 Å². The molecule has 0 heterocycles. The molecule has 0 aliphatic rings. The minimum absolute atomic E-state index is 0.121. The number of methoxy groups -OCH3 is 1. The van der Waals surface area contributed by atoms with Gasteiger partial charge in [0.25, 0.3) is 0 Å². The van der Waals surface area contributed by atoms with E-state index in [1.54, 1.807) is 31.6 Å². The minimum Gasteiger partial charge on any atom is -0.497 e. The van der Waals surface area contributed by atoms with Crippen LogP contribution in [0.2, 0.25) is 0 Å². The summed E-state index contributed by atoms with van der Waals surface area (Å²) in [4.78, 5) is 0. The van der Waals surface area contributed by atoms with Gasteiger partial charge in [0.15, 0.2) is 0 Å². The van der Waals surface area contributed by atoms with Crippen molar-refractivity contribution in [3.63, 3.8) is 0 Å². The van der Waals surface area contributed by atoms with E-state index < -0.39 is 9.73 Å². The molecule has 0 aromatic heterocycles. The van der Waals surface area contributed by atoms with Gasteiger partial charge in [0.1, 0.15) is 11.6 Å². The summed E-state index contributed by atoms with van der Waals surface area (Å²) in [6.07, 6.45) is 1.56. The second kappa shape index (κ2) is 6.72. The Morgan fingerprint density at radius 2 is 1.81 bits per heavy atom. The number of hydrogen-bond donors (Lipinski definition) is 0. The van der Waals surface area contributed by atoms with E-state index in [4.69, 9.17) is 4.74 Å². The van der Waals surface area contributed by atoms with Crippen LogP contribution in [-0.4, -0.2) is 17.6 Å². The molecule has 2 aromatic rings. The zero-order chi connectivity index (χ0) is 15.3. The lowest BCUT2D eigenvalue weighted by molar-refractivity contribution is 0.414. The van der Waals surface area contributed by atoms with Crippen molar-refractivity contribution in [3.8, 4) is 5.75 Å². The third kappa shape index (κ3) is 4.56. The van der Waals surface area contributed by atoms with E-state index in [1.165, 1.54) is 6.07 Å². The highest BCUT2D eigenvalue weighted by Gasteiger charge is 2.08. The van der Waals surface area contributed by atoms with Crippen molar-refractivity contribution < 1.29 is 13.3 Å². The summed E-state index contributed by atoms with van der Waals surface area (Å²) in [7, 11) is -0.863. The van der Waals surface area contributed by atoms with Gasteiger partial charge in [-0.1, -0.05) is 30.3 Å². The summed E-state index contributed by atoms with van der Waals surface area (Å²) in [5.74, 6) is 0.546. The Morgan fingerprint density at radius 3 is 2.43 bits per heavy atom. The molecule has 2 rings (SSSR count). The first-order chi connectivity index (χ1) is 10.00. The fourth-order valence-corrected chi connectivity index (χ4v) is 3.22. The molecule has 112 valence electrons. The summed E-state index contributed by atoms with van der Waals surface area (Å²) in [6.45, 7) is 0.341. The average Bonchev–Trinajstić information content (AvgIpc) is 2.48.